The van der Waals surface area contributed by atoms with Crippen molar-refractivity contribution in [1.82, 2.24) is 9.88 Å². The van der Waals surface area contributed by atoms with Crippen LogP contribution in [0.3, 0.4) is 0 Å². The molecule has 0 unspecified atom stereocenters. The van der Waals surface area contributed by atoms with Crippen LogP contribution in [0.5, 0.6) is 0 Å². The van der Waals surface area contributed by atoms with Crippen LogP contribution in [0.2, 0.25) is 0 Å². The molecule has 5 nitrogen and oxygen atoms in total. The number of nitrogens with one attached hydrogen (secondary N) is 1. The molecule has 0 saturated carbocycles. The minimum Gasteiger partial charge on any atom is -0.348 e. The fraction of sp³-hybridized carbons (Fsp3) is 0.267. The van der Waals surface area contributed by atoms with Crippen LogP contribution >= 0.6 is 0 Å². The van der Waals surface area contributed by atoms with Crippen molar-refractivity contribution in [2.75, 3.05) is 11.5 Å². The Labute approximate surface area is 127 Å². The van der Waals surface area contributed by atoms with E-state index >= 15 is 0 Å². The van der Waals surface area contributed by atoms with Gasteiger partial charge in [0.05, 0.1) is 17.2 Å². The van der Waals surface area contributed by atoms with E-state index in [9.17, 15) is 17.6 Å². The normalized spacial score (nSPS) is 20.0. The second kappa shape index (κ2) is 5.57. The Morgan fingerprint density at radius 2 is 2.00 bits per heavy atom. The summed E-state index contributed by atoms with van der Waals surface area (Å²) < 4.78 is 38.5. The molecular formula is C15H15FN2O3S. The second-order valence-corrected chi connectivity index (χ2v) is 7.56. The number of benzene rings is 1. The Kier molecular flexibility index (Phi) is 3.74. The first-order chi connectivity index (χ1) is 10.4. The van der Waals surface area contributed by atoms with Gasteiger partial charge in [0.1, 0.15) is 5.82 Å². The predicted molar refractivity (Wildman–Crippen MR) is 80.3 cm³/mol. The summed E-state index contributed by atoms with van der Waals surface area (Å²) in [4.78, 5) is 12.1. The smallest absolute Gasteiger partial charge is 0.251 e. The van der Waals surface area contributed by atoms with Gasteiger partial charge < -0.3 is 9.88 Å². The Morgan fingerprint density at radius 3 is 2.59 bits per heavy atom. The molecule has 7 heteroatoms. The average molecular weight is 322 g/mol. The van der Waals surface area contributed by atoms with E-state index in [4.69, 9.17) is 0 Å². The van der Waals surface area contributed by atoms with Gasteiger partial charge in [0.15, 0.2) is 9.84 Å². The number of aromatic nitrogens is 1. The second-order valence-electron chi connectivity index (χ2n) is 5.33. The summed E-state index contributed by atoms with van der Waals surface area (Å²) in [6.45, 7) is 0. The topological polar surface area (TPSA) is 68.2 Å². The summed E-state index contributed by atoms with van der Waals surface area (Å²) in [6.07, 6.45) is 3.82. The fourth-order valence-corrected chi connectivity index (χ4v) is 4.20. The summed E-state index contributed by atoms with van der Waals surface area (Å²) in [5.41, 5.74) is 0.530. The molecule has 1 aliphatic heterocycles. The van der Waals surface area contributed by atoms with Crippen LogP contribution in [0.15, 0.2) is 42.7 Å². The van der Waals surface area contributed by atoms with Crippen LogP contribution in [0.4, 0.5) is 4.39 Å². The summed E-state index contributed by atoms with van der Waals surface area (Å²) in [5, 5.41) is 2.64. The summed E-state index contributed by atoms with van der Waals surface area (Å²) in [7, 11) is -3.06. The highest BCUT2D eigenvalue weighted by atomic mass is 32.2. The molecule has 0 bridgehead atoms. The zero-order valence-corrected chi connectivity index (χ0v) is 12.5. The van der Waals surface area contributed by atoms with Crippen LogP contribution in [0.1, 0.15) is 16.8 Å². The van der Waals surface area contributed by atoms with Crippen molar-refractivity contribution in [2.45, 2.75) is 12.5 Å². The van der Waals surface area contributed by atoms with E-state index < -0.39 is 27.6 Å². The zero-order valence-electron chi connectivity index (χ0n) is 11.7. The van der Waals surface area contributed by atoms with Crippen molar-refractivity contribution in [2.24, 2.45) is 0 Å². The molecule has 1 aliphatic rings. The lowest BCUT2D eigenvalue weighted by Gasteiger charge is -2.12. The first-order valence-electron chi connectivity index (χ1n) is 6.89. The number of rotatable bonds is 3. The van der Waals surface area contributed by atoms with E-state index in [0.717, 1.165) is 6.07 Å². The van der Waals surface area contributed by atoms with Gasteiger partial charge in [-0.2, -0.15) is 0 Å². The van der Waals surface area contributed by atoms with Gasteiger partial charge >= 0.3 is 0 Å². The Balaban J connectivity index is 1.75. The molecule has 0 aliphatic carbocycles. The van der Waals surface area contributed by atoms with E-state index in [1.165, 1.54) is 12.1 Å². The molecular weight excluding hydrogens is 307 g/mol. The Morgan fingerprint density at radius 1 is 1.27 bits per heavy atom. The lowest BCUT2D eigenvalue weighted by Crippen LogP contribution is -2.35. The van der Waals surface area contributed by atoms with Gasteiger partial charge in [0.2, 0.25) is 0 Å². The first-order valence-corrected chi connectivity index (χ1v) is 8.71. The third-order valence-corrected chi connectivity index (χ3v) is 5.43. The maximum absolute atomic E-state index is 14.1. The Bertz CT molecular complexity index is 800. The molecule has 22 heavy (non-hydrogen) atoms. The lowest BCUT2D eigenvalue weighted by atomic mass is 10.1. The molecule has 0 spiro atoms. The van der Waals surface area contributed by atoms with E-state index in [1.807, 2.05) is 0 Å². The lowest BCUT2D eigenvalue weighted by molar-refractivity contribution is 0.0940. The van der Waals surface area contributed by atoms with E-state index in [0.29, 0.717) is 12.1 Å². The Hall–Kier alpha value is -2.15. The number of carbonyl (C=O) groups is 1. The summed E-state index contributed by atoms with van der Waals surface area (Å²) >= 11 is 0. The number of hydrogen-bond acceptors (Lipinski definition) is 3. The summed E-state index contributed by atoms with van der Waals surface area (Å²) in [5.74, 6) is -0.940. The average Bonchev–Trinajstić information content (AvgIpc) is 3.08. The number of hydrogen-bond donors (Lipinski definition) is 1. The molecule has 2 heterocycles. The predicted octanol–water partition coefficient (Wildman–Crippen LogP) is 1.53. The monoisotopic (exact) mass is 322 g/mol. The van der Waals surface area contributed by atoms with Crippen molar-refractivity contribution in [3.05, 3.63) is 54.1 Å². The molecule has 1 fully saturated rings. The van der Waals surface area contributed by atoms with Gasteiger partial charge in [-0.1, -0.05) is 0 Å². The molecule has 3 rings (SSSR count). The maximum atomic E-state index is 14.1. The van der Waals surface area contributed by atoms with Crippen LogP contribution in [-0.2, 0) is 9.84 Å². The highest BCUT2D eigenvalue weighted by Gasteiger charge is 2.29. The van der Waals surface area contributed by atoms with Crippen molar-refractivity contribution in [3.63, 3.8) is 0 Å². The third kappa shape index (κ3) is 3.04. The van der Waals surface area contributed by atoms with Gasteiger partial charge in [-0.05, 0) is 36.8 Å². The molecule has 1 aromatic heterocycles. The highest BCUT2D eigenvalue weighted by Crippen LogP contribution is 2.17. The van der Waals surface area contributed by atoms with Gasteiger partial charge in [-0.25, -0.2) is 12.8 Å². The summed E-state index contributed by atoms with van der Waals surface area (Å²) in [6, 6.07) is 7.37. The number of sulfone groups is 1. The molecule has 1 N–H and O–H groups in total. The molecule has 116 valence electrons. The van der Waals surface area contributed by atoms with Crippen LogP contribution in [0.25, 0.3) is 5.69 Å². The molecule has 1 amide bonds. The molecule has 1 saturated heterocycles. The van der Waals surface area contributed by atoms with E-state index in [2.05, 4.69) is 5.32 Å². The fourth-order valence-electron chi connectivity index (χ4n) is 2.53. The molecule has 0 radical (unpaired) electrons. The van der Waals surface area contributed by atoms with Crippen molar-refractivity contribution < 1.29 is 17.6 Å². The van der Waals surface area contributed by atoms with Crippen molar-refractivity contribution in [3.8, 4) is 5.69 Å². The maximum Gasteiger partial charge on any atom is 0.251 e. The van der Waals surface area contributed by atoms with E-state index in [1.54, 1.807) is 29.1 Å². The van der Waals surface area contributed by atoms with Gasteiger partial charge in [0.25, 0.3) is 5.91 Å². The minimum atomic E-state index is -3.06. The van der Waals surface area contributed by atoms with Crippen molar-refractivity contribution >= 4 is 15.7 Å². The van der Waals surface area contributed by atoms with Crippen LogP contribution < -0.4 is 5.32 Å². The number of amides is 1. The quantitative estimate of drug-likeness (QED) is 0.932. The number of carbonyl (C=O) groups excluding carboxylic acids is 1. The number of nitrogens with zero attached hydrogens (tertiary/aromatic N) is 1. The van der Waals surface area contributed by atoms with Gasteiger partial charge in [-0.3, -0.25) is 4.79 Å². The highest BCUT2D eigenvalue weighted by molar-refractivity contribution is 7.91. The van der Waals surface area contributed by atoms with Crippen LogP contribution in [-0.4, -0.2) is 36.4 Å². The standard InChI is InChI=1S/C15H15FN2O3S/c16-13-9-11(3-4-14(13)18-6-1-2-7-18)15(19)17-12-5-8-22(20,21)10-12/h1-4,6-7,9,12H,5,8,10H2,(H,17,19)/t12-/m1/s1. The first kappa shape index (κ1) is 14.8. The number of halogens is 1. The molecule has 1 aromatic carbocycles. The molecule has 1 atom stereocenters. The van der Waals surface area contributed by atoms with Crippen molar-refractivity contribution in [1.29, 1.82) is 0 Å². The van der Waals surface area contributed by atoms with E-state index in [-0.39, 0.29) is 17.1 Å². The molecule has 2 aromatic rings. The van der Waals surface area contributed by atoms with Gasteiger partial charge in [-0.15, -0.1) is 0 Å². The third-order valence-electron chi connectivity index (χ3n) is 3.66. The SMILES string of the molecule is O=C(N[C@@H]1CCS(=O)(=O)C1)c1ccc(-n2cccc2)c(F)c1. The minimum absolute atomic E-state index is 0.0529. The van der Waals surface area contributed by atoms with Crippen LogP contribution in [0, 0.1) is 5.82 Å². The zero-order chi connectivity index (χ0) is 15.7. The van der Waals surface area contributed by atoms with Gasteiger partial charge in [0, 0.05) is 24.0 Å². The largest absolute Gasteiger partial charge is 0.348 e.